The molecule has 21 heavy (non-hydrogen) atoms. The molecule has 2 rings (SSSR count). The first-order chi connectivity index (χ1) is 10.0. The van der Waals surface area contributed by atoms with E-state index in [9.17, 15) is 14.3 Å². The van der Waals surface area contributed by atoms with Gasteiger partial charge in [0.2, 0.25) is 0 Å². The third-order valence-corrected chi connectivity index (χ3v) is 3.58. The van der Waals surface area contributed by atoms with Gasteiger partial charge >= 0.3 is 0 Å². The van der Waals surface area contributed by atoms with Crippen LogP contribution in [0.3, 0.4) is 0 Å². The minimum Gasteiger partial charge on any atom is -0.387 e. The van der Waals surface area contributed by atoms with Crippen molar-refractivity contribution in [2.75, 3.05) is 6.54 Å². The van der Waals surface area contributed by atoms with E-state index in [-0.39, 0.29) is 17.1 Å². The smallest absolute Gasteiger partial charge is 0.253 e. The van der Waals surface area contributed by atoms with Crippen molar-refractivity contribution in [3.05, 3.63) is 70.0 Å². The van der Waals surface area contributed by atoms with Crippen LogP contribution in [0.25, 0.3) is 0 Å². The number of hydrogen-bond acceptors (Lipinski definition) is 2. The molecule has 0 saturated heterocycles. The minimum absolute atomic E-state index is 0.0243. The third-order valence-electron chi connectivity index (χ3n) is 3.20. The Morgan fingerprint density at radius 2 is 2.00 bits per heavy atom. The lowest BCUT2D eigenvalue weighted by Gasteiger charge is -2.15. The SMILES string of the molecule is Cc1ccccc1C(O)CNC(=O)c1cccc(F)c1Cl. The summed E-state index contributed by atoms with van der Waals surface area (Å²) in [6, 6.07) is 11.4. The summed E-state index contributed by atoms with van der Waals surface area (Å²) in [6.45, 7) is 1.90. The van der Waals surface area contributed by atoms with Gasteiger partial charge in [-0.1, -0.05) is 41.9 Å². The maximum absolute atomic E-state index is 13.3. The molecule has 0 aliphatic rings. The van der Waals surface area contributed by atoms with E-state index in [1.165, 1.54) is 18.2 Å². The number of hydrogen-bond donors (Lipinski definition) is 2. The zero-order valence-electron chi connectivity index (χ0n) is 11.4. The molecule has 1 amide bonds. The molecule has 0 bridgehead atoms. The molecule has 5 heteroatoms. The van der Waals surface area contributed by atoms with Crippen LogP contribution in [0.4, 0.5) is 4.39 Å². The molecule has 2 aromatic rings. The first kappa shape index (κ1) is 15.5. The van der Waals surface area contributed by atoms with Gasteiger partial charge in [0.15, 0.2) is 0 Å². The van der Waals surface area contributed by atoms with Crippen molar-refractivity contribution in [3.63, 3.8) is 0 Å². The lowest BCUT2D eigenvalue weighted by Crippen LogP contribution is -2.29. The molecule has 2 aromatic carbocycles. The fourth-order valence-corrected chi connectivity index (χ4v) is 2.25. The predicted octanol–water partition coefficient (Wildman–Crippen LogP) is 3.25. The van der Waals surface area contributed by atoms with Gasteiger partial charge in [0.25, 0.3) is 5.91 Å². The summed E-state index contributed by atoms with van der Waals surface area (Å²) in [5.41, 5.74) is 1.72. The Morgan fingerprint density at radius 1 is 1.29 bits per heavy atom. The molecule has 3 nitrogen and oxygen atoms in total. The van der Waals surface area contributed by atoms with Gasteiger partial charge in [0, 0.05) is 6.54 Å². The summed E-state index contributed by atoms with van der Waals surface area (Å²) in [6.07, 6.45) is -0.831. The van der Waals surface area contributed by atoms with Gasteiger partial charge in [0.1, 0.15) is 5.82 Å². The molecule has 0 radical (unpaired) electrons. The molecule has 0 heterocycles. The van der Waals surface area contributed by atoms with Gasteiger partial charge in [-0.15, -0.1) is 0 Å². The van der Waals surface area contributed by atoms with Crippen LogP contribution in [-0.4, -0.2) is 17.6 Å². The Balaban J connectivity index is 2.04. The number of aryl methyl sites for hydroxylation is 1. The predicted molar refractivity (Wildman–Crippen MR) is 79.9 cm³/mol. The number of amides is 1. The molecule has 1 atom stereocenters. The van der Waals surface area contributed by atoms with Crippen LogP contribution in [0, 0.1) is 12.7 Å². The Kier molecular flexibility index (Phi) is 4.94. The van der Waals surface area contributed by atoms with Crippen LogP contribution < -0.4 is 5.32 Å². The van der Waals surface area contributed by atoms with Crippen molar-refractivity contribution < 1.29 is 14.3 Å². The lowest BCUT2D eigenvalue weighted by atomic mass is 10.0. The molecule has 0 fully saturated rings. The van der Waals surface area contributed by atoms with Crippen LogP contribution in [0.15, 0.2) is 42.5 Å². The number of carbonyl (C=O) groups is 1. The van der Waals surface area contributed by atoms with E-state index < -0.39 is 17.8 Å². The van der Waals surface area contributed by atoms with Crippen molar-refractivity contribution in [1.29, 1.82) is 0 Å². The molecule has 110 valence electrons. The molecule has 0 aliphatic heterocycles. The van der Waals surface area contributed by atoms with Crippen molar-refractivity contribution in [2.45, 2.75) is 13.0 Å². The molecule has 0 spiro atoms. The maximum atomic E-state index is 13.3. The topological polar surface area (TPSA) is 49.3 Å². The van der Waals surface area contributed by atoms with E-state index in [4.69, 9.17) is 11.6 Å². The summed E-state index contributed by atoms with van der Waals surface area (Å²) < 4.78 is 13.3. The second kappa shape index (κ2) is 6.70. The Morgan fingerprint density at radius 3 is 2.71 bits per heavy atom. The van der Waals surface area contributed by atoms with Crippen LogP contribution in [0.5, 0.6) is 0 Å². The Labute approximate surface area is 127 Å². The Hall–Kier alpha value is -1.91. The lowest BCUT2D eigenvalue weighted by molar-refractivity contribution is 0.0915. The summed E-state index contributed by atoms with van der Waals surface area (Å²) in [5.74, 6) is -1.17. The van der Waals surface area contributed by atoms with Gasteiger partial charge < -0.3 is 10.4 Å². The van der Waals surface area contributed by atoms with Crippen molar-refractivity contribution in [3.8, 4) is 0 Å². The monoisotopic (exact) mass is 307 g/mol. The van der Waals surface area contributed by atoms with Crippen LogP contribution >= 0.6 is 11.6 Å². The summed E-state index contributed by atoms with van der Waals surface area (Å²) >= 11 is 5.75. The minimum atomic E-state index is -0.831. The van der Waals surface area contributed by atoms with E-state index >= 15 is 0 Å². The number of benzene rings is 2. The van der Waals surface area contributed by atoms with Gasteiger partial charge in [-0.2, -0.15) is 0 Å². The van der Waals surface area contributed by atoms with Crippen molar-refractivity contribution >= 4 is 17.5 Å². The fraction of sp³-hybridized carbons (Fsp3) is 0.188. The second-order valence-electron chi connectivity index (χ2n) is 4.68. The highest BCUT2D eigenvalue weighted by Crippen LogP contribution is 2.20. The van der Waals surface area contributed by atoms with Gasteiger partial charge in [0.05, 0.1) is 16.7 Å². The van der Waals surface area contributed by atoms with Crippen molar-refractivity contribution in [2.24, 2.45) is 0 Å². The van der Waals surface area contributed by atoms with Crippen molar-refractivity contribution in [1.82, 2.24) is 5.32 Å². The fourth-order valence-electron chi connectivity index (χ4n) is 2.03. The first-order valence-electron chi connectivity index (χ1n) is 6.46. The number of halogens is 2. The number of aliphatic hydroxyl groups excluding tert-OH is 1. The third kappa shape index (κ3) is 3.60. The summed E-state index contributed by atoms with van der Waals surface area (Å²) in [5, 5.41) is 12.4. The average Bonchev–Trinajstić information content (AvgIpc) is 2.47. The van der Waals surface area contributed by atoms with Gasteiger partial charge in [-0.3, -0.25) is 4.79 Å². The number of rotatable bonds is 4. The molecule has 2 N–H and O–H groups in total. The standard InChI is InChI=1S/C16H15ClFNO2/c1-10-5-2-3-6-11(10)14(20)9-19-16(21)12-7-4-8-13(18)15(12)17/h2-8,14,20H,9H2,1H3,(H,19,21). The van der Waals surface area contributed by atoms with E-state index in [0.29, 0.717) is 0 Å². The molecule has 1 unspecified atom stereocenters. The van der Waals surface area contributed by atoms with Crippen LogP contribution in [0.1, 0.15) is 27.6 Å². The first-order valence-corrected chi connectivity index (χ1v) is 6.84. The van der Waals surface area contributed by atoms with Crippen LogP contribution in [-0.2, 0) is 0 Å². The van der Waals surface area contributed by atoms with Gasteiger partial charge in [-0.05, 0) is 30.2 Å². The largest absolute Gasteiger partial charge is 0.387 e. The molecular formula is C16H15ClFNO2. The molecule has 0 aromatic heterocycles. The van der Waals surface area contributed by atoms with Crippen LogP contribution in [0.2, 0.25) is 5.02 Å². The number of nitrogens with one attached hydrogen (secondary N) is 1. The summed E-state index contributed by atoms with van der Waals surface area (Å²) in [4.78, 5) is 12.0. The number of aliphatic hydroxyl groups is 1. The number of carbonyl (C=O) groups excluding carboxylic acids is 1. The zero-order chi connectivity index (χ0) is 15.4. The molecule has 0 saturated carbocycles. The quantitative estimate of drug-likeness (QED) is 0.911. The Bertz CT molecular complexity index is 660. The zero-order valence-corrected chi connectivity index (χ0v) is 12.2. The average molecular weight is 308 g/mol. The van der Waals surface area contributed by atoms with Gasteiger partial charge in [-0.25, -0.2) is 4.39 Å². The highest BCUT2D eigenvalue weighted by Gasteiger charge is 2.16. The highest BCUT2D eigenvalue weighted by molar-refractivity contribution is 6.34. The molecule has 0 aliphatic carbocycles. The normalized spacial score (nSPS) is 12.0. The maximum Gasteiger partial charge on any atom is 0.253 e. The van der Waals surface area contributed by atoms with E-state index in [1.807, 2.05) is 25.1 Å². The van der Waals surface area contributed by atoms with E-state index in [2.05, 4.69) is 5.32 Å². The summed E-state index contributed by atoms with van der Waals surface area (Å²) in [7, 11) is 0. The van der Waals surface area contributed by atoms with E-state index in [0.717, 1.165) is 11.1 Å². The molecular weight excluding hydrogens is 293 g/mol. The van der Waals surface area contributed by atoms with E-state index in [1.54, 1.807) is 6.07 Å². The highest BCUT2D eigenvalue weighted by atomic mass is 35.5. The second-order valence-corrected chi connectivity index (χ2v) is 5.06.